The molecule has 206 valence electrons. The second kappa shape index (κ2) is 14.8. The largest absolute Gasteiger partial charge is 0.427 e. The summed E-state index contributed by atoms with van der Waals surface area (Å²) in [6.45, 7) is 2.04. The minimum Gasteiger partial charge on any atom is -0.427 e. The first-order valence-electron chi connectivity index (χ1n) is 13.0. The standard InChI is InChI=1S/C35H30O6/c1-5-8-11-32(36)39-29-20-14-26(15-21-29)35(4,27-16-22-30(23-17-27)40-33(37)12-9-6-2)28-18-24-31(25-19-28)41-34(38)13-10-7-3/h1-3,14-25H,8-13H2,4H3. The minimum absolute atomic E-state index is 0.134. The molecular formula is C35H30O6. The lowest BCUT2D eigenvalue weighted by Gasteiger charge is -2.32. The quantitative estimate of drug-likeness (QED) is 0.120. The molecule has 6 nitrogen and oxygen atoms in total. The van der Waals surface area contributed by atoms with Gasteiger partial charge >= 0.3 is 17.9 Å². The molecule has 0 spiro atoms. The molecule has 0 heterocycles. The number of esters is 3. The molecule has 0 unspecified atom stereocenters. The lowest BCUT2D eigenvalue weighted by molar-refractivity contribution is -0.135. The summed E-state index contributed by atoms with van der Waals surface area (Å²) in [6, 6.07) is 21.6. The highest BCUT2D eigenvalue weighted by atomic mass is 16.5. The van der Waals surface area contributed by atoms with Gasteiger partial charge in [-0.25, -0.2) is 0 Å². The topological polar surface area (TPSA) is 78.9 Å². The molecule has 0 radical (unpaired) electrons. The Kier molecular flexibility index (Phi) is 10.9. The van der Waals surface area contributed by atoms with Gasteiger partial charge in [0.15, 0.2) is 0 Å². The van der Waals surface area contributed by atoms with Gasteiger partial charge in [0.25, 0.3) is 0 Å². The normalized spacial score (nSPS) is 10.4. The lowest BCUT2D eigenvalue weighted by Crippen LogP contribution is -2.25. The Labute approximate surface area is 241 Å². The number of carbonyl (C=O) groups excluding carboxylic acids is 3. The molecule has 0 atom stereocenters. The van der Waals surface area contributed by atoms with Crippen LogP contribution in [0.5, 0.6) is 17.2 Å². The number of ether oxygens (including phenoxy) is 3. The smallest absolute Gasteiger partial charge is 0.312 e. The maximum Gasteiger partial charge on any atom is 0.312 e. The fraction of sp³-hybridized carbons (Fsp3) is 0.229. The van der Waals surface area contributed by atoms with Gasteiger partial charge in [-0.2, -0.15) is 0 Å². The Morgan fingerprint density at radius 2 is 0.780 bits per heavy atom. The van der Waals surface area contributed by atoms with E-state index in [4.69, 9.17) is 33.5 Å². The summed E-state index contributed by atoms with van der Waals surface area (Å²) in [5, 5.41) is 0. The van der Waals surface area contributed by atoms with Crippen LogP contribution in [-0.4, -0.2) is 17.9 Å². The summed E-state index contributed by atoms with van der Waals surface area (Å²) < 4.78 is 16.2. The molecule has 41 heavy (non-hydrogen) atoms. The molecule has 0 bridgehead atoms. The van der Waals surface area contributed by atoms with Crippen molar-refractivity contribution in [1.82, 2.24) is 0 Å². The summed E-state index contributed by atoms with van der Waals surface area (Å²) in [6.07, 6.45) is 17.0. The molecule has 3 aromatic rings. The van der Waals surface area contributed by atoms with Crippen LogP contribution < -0.4 is 14.2 Å². The van der Waals surface area contributed by atoms with Crippen molar-refractivity contribution in [2.24, 2.45) is 0 Å². The molecule has 0 aliphatic carbocycles. The fourth-order valence-corrected chi connectivity index (χ4v) is 4.14. The molecule has 0 aliphatic rings. The van der Waals surface area contributed by atoms with Crippen molar-refractivity contribution in [3.63, 3.8) is 0 Å². The van der Waals surface area contributed by atoms with Gasteiger partial charge in [0.1, 0.15) is 17.2 Å². The van der Waals surface area contributed by atoms with Gasteiger partial charge in [0, 0.05) is 24.7 Å². The van der Waals surface area contributed by atoms with Crippen LogP contribution in [0.1, 0.15) is 62.1 Å². The molecule has 0 saturated carbocycles. The van der Waals surface area contributed by atoms with E-state index in [1.54, 1.807) is 36.4 Å². The molecular weight excluding hydrogens is 516 g/mol. The van der Waals surface area contributed by atoms with Gasteiger partial charge in [0.05, 0.1) is 19.3 Å². The lowest BCUT2D eigenvalue weighted by atomic mass is 9.71. The van der Waals surface area contributed by atoms with Crippen LogP contribution in [0.15, 0.2) is 72.8 Å². The first-order chi connectivity index (χ1) is 19.8. The molecule has 6 heteroatoms. The summed E-state index contributed by atoms with van der Waals surface area (Å²) in [4.78, 5) is 36.1. The zero-order valence-corrected chi connectivity index (χ0v) is 22.9. The van der Waals surface area contributed by atoms with Crippen LogP contribution >= 0.6 is 0 Å². The third-order valence-corrected chi connectivity index (χ3v) is 6.41. The molecule has 3 rings (SSSR count). The zero-order valence-electron chi connectivity index (χ0n) is 22.9. The number of rotatable bonds is 12. The van der Waals surface area contributed by atoms with Crippen LogP contribution in [0.3, 0.4) is 0 Å². The van der Waals surface area contributed by atoms with Gasteiger partial charge in [-0.3, -0.25) is 14.4 Å². The Balaban J connectivity index is 1.93. The highest BCUT2D eigenvalue weighted by molar-refractivity contribution is 5.74. The molecule has 0 aliphatic heterocycles. The molecule has 0 aromatic heterocycles. The van der Waals surface area contributed by atoms with Crippen molar-refractivity contribution in [3.8, 4) is 54.3 Å². The third-order valence-electron chi connectivity index (χ3n) is 6.41. The van der Waals surface area contributed by atoms with E-state index in [0.29, 0.717) is 36.5 Å². The Morgan fingerprint density at radius 1 is 0.537 bits per heavy atom. The fourth-order valence-electron chi connectivity index (χ4n) is 4.14. The minimum atomic E-state index is -0.690. The molecule has 0 amide bonds. The summed E-state index contributed by atoms with van der Waals surface area (Å²) >= 11 is 0. The van der Waals surface area contributed by atoms with Gasteiger partial charge < -0.3 is 14.2 Å². The monoisotopic (exact) mass is 546 g/mol. The highest BCUT2D eigenvalue weighted by Crippen LogP contribution is 2.40. The first-order valence-corrected chi connectivity index (χ1v) is 13.0. The van der Waals surface area contributed by atoms with Crippen LogP contribution in [-0.2, 0) is 19.8 Å². The van der Waals surface area contributed by atoms with E-state index in [1.165, 1.54) is 0 Å². The van der Waals surface area contributed by atoms with Crippen LogP contribution in [0.4, 0.5) is 0 Å². The summed E-state index contributed by atoms with van der Waals surface area (Å²) in [5.41, 5.74) is 2.01. The summed E-state index contributed by atoms with van der Waals surface area (Å²) in [5.74, 6) is 7.27. The van der Waals surface area contributed by atoms with Gasteiger partial charge in [0.2, 0.25) is 0 Å². The van der Waals surface area contributed by atoms with E-state index in [1.807, 2.05) is 43.3 Å². The van der Waals surface area contributed by atoms with Gasteiger partial charge in [-0.15, -0.1) is 37.0 Å². The summed E-state index contributed by atoms with van der Waals surface area (Å²) in [7, 11) is 0. The third kappa shape index (κ3) is 8.37. The maximum absolute atomic E-state index is 12.0. The van der Waals surface area contributed by atoms with E-state index in [-0.39, 0.29) is 19.3 Å². The Hall–Kier alpha value is -5.25. The second-order valence-electron chi connectivity index (χ2n) is 9.23. The van der Waals surface area contributed by atoms with Crippen molar-refractivity contribution < 1.29 is 28.6 Å². The maximum atomic E-state index is 12.0. The SMILES string of the molecule is C#CCCC(=O)Oc1ccc(C(C)(c2ccc(OC(=O)CCC#C)cc2)c2ccc(OC(=O)CCC#C)cc2)cc1. The van der Waals surface area contributed by atoms with Crippen LogP contribution in [0.25, 0.3) is 0 Å². The Morgan fingerprint density at radius 3 is 1.00 bits per heavy atom. The van der Waals surface area contributed by atoms with Gasteiger partial charge in [-0.05, 0) is 60.0 Å². The van der Waals surface area contributed by atoms with E-state index < -0.39 is 23.3 Å². The van der Waals surface area contributed by atoms with E-state index in [0.717, 1.165) is 16.7 Å². The van der Waals surface area contributed by atoms with Crippen molar-refractivity contribution >= 4 is 17.9 Å². The van der Waals surface area contributed by atoms with Crippen LogP contribution in [0, 0.1) is 37.0 Å². The molecule has 3 aromatic carbocycles. The average Bonchev–Trinajstić information content (AvgIpc) is 2.98. The van der Waals surface area contributed by atoms with E-state index in [9.17, 15) is 14.4 Å². The second-order valence-corrected chi connectivity index (χ2v) is 9.23. The van der Waals surface area contributed by atoms with Crippen LogP contribution in [0.2, 0.25) is 0 Å². The van der Waals surface area contributed by atoms with Crippen molar-refractivity contribution in [1.29, 1.82) is 0 Å². The van der Waals surface area contributed by atoms with Gasteiger partial charge in [-0.1, -0.05) is 36.4 Å². The van der Waals surface area contributed by atoms with Crippen molar-refractivity contribution in [2.45, 2.75) is 50.9 Å². The van der Waals surface area contributed by atoms with E-state index in [2.05, 4.69) is 17.8 Å². The average molecular weight is 547 g/mol. The number of hydrogen-bond donors (Lipinski definition) is 0. The number of benzene rings is 3. The number of terminal acetylenes is 3. The van der Waals surface area contributed by atoms with Crippen molar-refractivity contribution in [2.75, 3.05) is 0 Å². The number of carbonyl (C=O) groups is 3. The highest BCUT2D eigenvalue weighted by Gasteiger charge is 2.31. The predicted molar refractivity (Wildman–Crippen MR) is 156 cm³/mol. The molecule has 0 N–H and O–H groups in total. The Bertz CT molecular complexity index is 1290. The predicted octanol–water partition coefficient (Wildman–Crippen LogP) is 6.00. The van der Waals surface area contributed by atoms with Crippen molar-refractivity contribution in [3.05, 3.63) is 89.5 Å². The first kappa shape index (κ1) is 30.3. The van der Waals surface area contributed by atoms with E-state index >= 15 is 0 Å². The molecule has 0 saturated heterocycles. The zero-order chi connectivity index (χ0) is 29.7. The molecule has 0 fully saturated rings. The number of hydrogen-bond acceptors (Lipinski definition) is 6.